The lowest BCUT2D eigenvalue weighted by atomic mass is 10.1. The molecule has 0 fully saturated rings. The van der Waals surface area contributed by atoms with Crippen LogP contribution in [-0.2, 0) is 4.74 Å². The molecule has 2 N–H and O–H groups in total. The highest BCUT2D eigenvalue weighted by molar-refractivity contribution is 5.31. The Labute approximate surface area is 79.9 Å². The SMILES string of the molecule is CCN[C]1NC=CC=C1COCC. The van der Waals surface area contributed by atoms with Crippen molar-refractivity contribution >= 4 is 0 Å². The molecule has 1 aliphatic rings. The normalized spacial score (nSPS) is 16.9. The fourth-order valence-electron chi connectivity index (χ4n) is 1.15. The Kier molecular flexibility index (Phi) is 4.57. The monoisotopic (exact) mass is 181 g/mol. The lowest BCUT2D eigenvalue weighted by Gasteiger charge is -2.22. The third-order valence-electron chi connectivity index (χ3n) is 1.76. The van der Waals surface area contributed by atoms with Crippen molar-refractivity contribution < 1.29 is 4.74 Å². The third kappa shape index (κ3) is 3.20. The summed E-state index contributed by atoms with van der Waals surface area (Å²) in [7, 11) is 0. The van der Waals surface area contributed by atoms with E-state index in [-0.39, 0.29) is 0 Å². The van der Waals surface area contributed by atoms with Gasteiger partial charge in [0.15, 0.2) is 6.17 Å². The summed E-state index contributed by atoms with van der Waals surface area (Å²) in [6.45, 7) is 6.40. The van der Waals surface area contributed by atoms with Crippen LogP contribution in [0.3, 0.4) is 0 Å². The Morgan fingerprint density at radius 3 is 3.00 bits per heavy atom. The second-order valence-corrected chi connectivity index (χ2v) is 2.74. The summed E-state index contributed by atoms with van der Waals surface area (Å²) in [5, 5.41) is 6.41. The first kappa shape index (κ1) is 10.3. The fraction of sp³-hybridized carbons (Fsp3) is 0.500. The molecule has 1 aliphatic heterocycles. The molecule has 0 atom stereocenters. The summed E-state index contributed by atoms with van der Waals surface area (Å²) in [5.41, 5.74) is 1.17. The van der Waals surface area contributed by atoms with E-state index in [2.05, 4.69) is 23.6 Å². The van der Waals surface area contributed by atoms with Gasteiger partial charge in [0.1, 0.15) is 0 Å². The van der Waals surface area contributed by atoms with Crippen LogP contribution >= 0.6 is 0 Å². The van der Waals surface area contributed by atoms with Crippen LogP contribution in [0.15, 0.2) is 23.9 Å². The lowest BCUT2D eigenvalue weighted by Crippen LogP contribution is -2.35. The van der Waals surface area contributed by atoms with Crippen LogP contribution in [0.1, 0.15) is 13.8 Å². The number of likely N-dealkylation sites (N-methyl/N-ethyl adjacent to an activating group) is 1. The molecule has 1 radical (unpaired) electrons. The van der Waals surface area contributed by atoms with E-state index in [1.807, 2.05) is 19.2 Å². The van der Waals surface area contributed by atoms with Gasteiger partial charge in [-0.3, -0.25) is 5.32 Å². The average Bonchev–Trinajstić information content (AvgIpc) is 2.17. The Bertz CT molecular complexity index is 199. The highest BCUT2D eigenvalue weighted by atomic mass is 16.5. The molecule has 1 rings (SSSR count). The van der Waals surface area contributed by atoms with E-state index >= 15 is 0 Å². The molecule has 3 nitrogen and oxygen atoms in total. The largest absolute Gasteiger partial charge is 0.377 e. The number of ether oxygens (including phenoxy) is 1. The van der Waals surface area contributed by atoms with Gasteiger partial charge < -0.3 is 10.1 Å². The maximum atomic E-state index is 5.35. The van der Waals surface area contributed by atoms with Crippen LogP contribution in [-0.4, -0.2) is 19.8 Å². The van der Waals surface area contributed by atoms with Crippen molar-refractivity contribution in [1.29, 1.82) is 0 Å². The minimum atomic E-state index is 0.663. The van der Waals surface area contributed by atoms with Crippen LogP contribution in [0.4, 0.5) is 0 Å². The molecule has 0 aromatic rings. The number of rotatable bonds is 5. The summed E-state index contributed by atoms with van der Waals surface area (Å²) in [6.07, 6.45) is 7.01. The molecular formula is C10H17N2O. The minimum Gasteiger partial charge on any atom is -0.377 e. The Morgan fingerprint density at radius 2 is 2.31 bits per heavy atom. The van der Waals surface area contributed by atoms with Crippen LogP contribution in [0, 0.1) is 6.17 Å². The molecule has 0 bridgehead atoms. The van der Waals surface area contributed by atoms with Crippen molar-refractivity contribution in [3.63, 3.8) is 0 Å². The van der Waals surface area contributed by atoms with Gasteiger partial charge in [-0.1, -0.05) is 13.0 Å². The van der Waals surface area contributed by atoms with Gasteiger partial charge in [0, 0.05) is 6.61 Å². The highest BCUT2D eigenvalue weighted by Gasteiger charge is 2.14. The van der Waals surface area contributed by atoms with Crippen molar-refractivity contribution in [2.75, 3.05) is 19.8 Å². The average molecular weight is 181 g/mol. The van der Waals surface area contributed by atoms with Crippen LogP contribution in [0.25, 0.3) is 0 Å². The van der Waals surface area contributed by atoms with Gasteiger partial charge in [-0.15, -0.1) is 0 Å². The van der Waals surface area contributed by atoms with Crippen molar-refractivity contribution in [2.24, 2.45) is 0 Å². The molecular weight excluding hydrogens is 164 g/mol. The van der Waals surface area contributed by atoms with Crippen molar-refractivity contribution in [1.82, 2.24) is 10.6 Å². The molecule has 0 amide bonds. The van der Waals surface area contributed by atoms with E-state index in [0.29, 0.717) is 6.61 Å². The minimum absolute atomic E-state index is 0.663. The van der Waals surface area contributed by atoms with Gasteiger partial charge in [0.25, 0.3) is 0 Å². The molecule has 0 aliphatic carbocycles. The molecule has 0 aromatic carbocycles. The first-order valence-electron chi connectivity index (χ1n) is 4.69. The van der Waals surface area contributed by atoms with E-state index in [4.69, 9.17) is 4.74 Å². The lowest BCUT2D eigenvalue weighted by molar-refractivity contribution is 0.168. The van der Waals surface area contributed by atoms with Crippen LogP contribution in [0.2, 0.25) is 0 Å². The summed E-state index contributed by atoms with van der Waals surface area (Å²) < 4.78 is 5.35. The molecule has 0 spiro atoms. The molecule has 1 heterocycles. The van der Waals surface area contributed by atoms with Gasteiger partial charge in [0.05, 0.1) is 6.61 Å². The summed E-state index contributed by atoms with van der Waals surface area (Å²) in [5.74, 6) is 0. The van der Waals surface area contributed by atoms with Crippen LogP contribution in [0.5, 0.6) is 0 Å². The topological polar surface area (TPSA) is 33.3 Å². The molecule has 0 saturated heterocycles. The molecule has 73 valence electrons. The fourth-order valence-corrected chi connectivity index (χ4v) is 1.15. The number of hydrogen-bond acceptors (Lipinski definition) is 3. The van der Waals surface area contributed by atoms with E-state index < -0.39 is 0 Å². The van der Waals surface area contributed by atoms with Crippen molar-refractivity contribution in [3.05, 3.63) is 30.1 Å². The molecule has 0 aromatic heterocycles. The predicted molar refractivity (Wildman–Crippen MR) is 53.8 cm³/mol. The van der Waals surface area contributed by atoms with E-state index in [1.54, 1.807) is 0 Å². The summed E-state index contributed by atoms with van der Waals surface area (Å²) in [4.78, 5) is 0. The first-order valence-corrected chi connectivity index (χ1v) is 4.69. The standard InChI is InChI=1S/C10H17N2O/c1-3-11-10-9(8-13-4-2)6-5-7-12-10/h5-7,11-12H,3-4,8H2,1-2H3. The van der Waals surface area contributed by atoms with Crippen LogP contribution < -0.4 is 10.6 Å². The zero-order valence-corrected chi connectivity index (χ0v) is 8.26. The second-order valence-electron chi connectivity index (χ2n) is 2.74. The number of dihydropyridines is 1. The quantitative estimate of drug-likeness (QED) is 0.668. The van der Waals surface area contributed by atoms with Gasteiger partial charge >= 0.3 is 0 Å². The smallest absolute Gasteiger partial charge is 0.154 e. The van der Waals surface area contributed by atoms with E-state index in [0.717, 1.165) is 19.3 Å². The highest BCUT2D eigenvalue weighted by Crippen LogP contribution is 2.11. The molecule has 0 unspecified atom stereocenters. The summed E-state index contributed by atoms with van der Waals surface area (Å²) >= 11 is 0. The Morgan fingerprint density at radius 1 is 1.46 bits per heavy atom. The first-order chi connectivity index (χ1) is 6.38. The molecule has 13 heavy (non-hydrogen) atoms. The Balaban J connectivity index is 2.44. The van der Waals surface area contributed by atoms with Gasteiger partial charge in [-0.25, -0.2) is 0 Å². The van der Waals surface area contributed by atoms with Gasteiger partial charge in [0.2, 0.25) is 0 Å². The maximum Gasteiger partial charge on any atom is 0.154 e. The molecule has 0 saturated carbocycles. The van der Waals surface area contributed by atoms with Crippen molar-refractivity contribution in [3.8, 4) is 0 Å². The predicted octanol–water partition coefficient (Wildman–Crippen LogP) is 1.17. The third-order valence-corrected chi connectivity index (χ3v) is 1.76. The summed E-state index contributed by atoms with van der Waals surface area (Å²) in [6, 6.07) is 0. The number of nitrogens with one attached hydrogen (secondary N) is 2. The number of hydrogen-bond donors (Lipinski definition) is 2. The zero-order chi connectivity index (χ0) is 9.52. The number of allylic oxidation sites excluding steroid dienone is 2. The Hall–Kier alpha value is -0.800. The van der Waals surface area contributed by atoms with E-state index in [9.17, 15) is 0 Å². The van der Waals surface area contributed by atoms with Gasteiger partial charge in [-0.05, 0) is 31.3 Å². The van der Waals surface area contributed by atoms with Gasteiger partial charge in [-0.2, -0.15) is 0 Å². The maximum absolute atomic E-state index is 5.35. The second kappa shape index (κ2) is 5.78. The van der Waals surface area contributed by atoms with E-state index in [1.165, 1.54) is 5.57 Å². The zero-order valence-electron chi connectivity index (χ0n) is 8.26. The van der Waals surface area contributed by atoms with Crippen molar-refractivity contribution in [2.45, 2.75) is 13.8 Å². The molecule has 3 heteroatoms.